The zero-order valence-electron chi connectivity index (χ0n) is 19.3. The lowest BCUT2D eigenvalue weighted by Crippen LogP contribution is -2.30. The molecule has 0 amide bonds. The summed E-state index contributed by atoms with van der Waals surface area (Å²) < 4.78 is 16.8. The van der Waals surface area contributed by atoms with E-state index in [0.29, 0.717) is 42.6 Å². The van der Waals surface area contributed by atoms with Crippen LogP contribution in [-0.4, -0.2) is 32.1 Å². The van der Waals surface area contributed by atoms with Crippen molar-refractivity contribution in [3.05, 3.63) is 59.2 Å². The number of benzene rings is 2. The van der Waals surface area contributed by atoms with Gasteiger partial charge in [0.2, 0.25) is 0 Å². The number of ether oxygens (including phenoxy) is 3. The van der Waals surface area contributed by atoms with Crippen LogP contribution in [0.3, 0.4) is 0 Å². The van der Waals surface area contributed by atoms with Crippen LogP contribution in [0.5, 0.6) is 11.5 Å². The SMILES string of the molecule is COC(=O)c1ccccc1C#CC1(c2ccc(OC)c(OC3CCCC3)c2)CCC(=O)CC1. The molecule has 2 saturated carbocycles. The lowest BCUT2D eigenvalue weighted by molar-refractivity contribution is -0.120. The number of rotatable bonds is 5. The van der Waals surface area contributed by atoms with Gasteiger partial charge in [-0.25, -0.2) is 4.79 Å². The minimum absolute atomic E-state index is 0.205. The molecule has 0 aromatic heterocycles. The summed E-state index contributed by atoms with van der Waals surface area (Å²) >= 11 is 0. The van der Waals surface area contributed by atoms with Crippen molar-refractivity contribution in [3.8, 4) is 23.3 Å². The fourth-order valence-electron chi connectivity index (χ4n) is 4.76. The molecule has 0 radical (unpaired) electrons. The molecular weight excluding hydrogens is 416 g/mol. The molecule has 0 N–H and O–H groups in total. The smallest absolute Gasteiger partial charge is 0.339 e. The highest BCUT2D eigenvalue weighted by atomic mass is 16.5. The Labute approximate surface area is 195 Å². The average Bonchev–Trinajstić information content (AvgIpc) is 3.37. The molecule has 4 rings (SSSR count). The summed E-state index contributed by atoms with van der Waals surface area (Å²) in [4.78, 5) is 24.3. The van der Waals surface area contributed by atoms with Crippen molar-refractivity contribution in [2.45, 2.75) is 62.9 Å². The molecule has 0 aliphatic heterocycles. The Hall–Kier alpha value is -3.26. The van der Waals surface area contributed by atoms with Gasteiger partial charge in [-0.1, -0.05) is 30.0 Å². The van der Waals surface area contributed by atoms with E-state index in [-0.39, 0.29) is 11.9 Å². The third-order valence-electron chi connectivity index (χ3n) is 6.74. The van der Waals surface area contributed by atoms with Crippen molar-refractivity contribution in [1.29, 1.82) is 0 Å². The van der Waals surface area contributed by atoms with Crippen molar-refractivity contribution in [2.75, 3.05) is 14.2 Å². The Bertz CT molecular complexity index is 1070. The van der Waals surface area contributed by atoms with Crippen LogP contribution in [0.25, 0.3) is 0 Å². The maximum absolute atomic E-state index is 12.2. The van der Waals surface area contributed by atoms with Crippen LogP contribution in [0.1, 0.15) is 72.9 Å². The van der Waals surface area contributed by atoms with Gasteiger partial charge >= 0.3 is 5.97 Å². The monoisotopic (exact) mass is 446 g/mol. The van der Waals surface area contributed by atoms with Gasteiger partial charge in [-0.2, -0.15) is 0 Å². The molecule has 0 bridgehead atoms. The highest BCUT2D eigenvalue weighted by molar-refractivity contribution is 5.92. The largest absolute Gasteiger partial charge is 0.493 e. The lowest BCUT2D eigenvalue weighted by atomic mass is 9.69. The van der Waals surface area contributed by atoms with Crippen LogP contribution in [0, 0.1) is 11.8 Å². The van der Waals surface area contributed by atoms with Crippen molar-refractivity contribution in [1.82, 2.24) is 0 Å². The molecule has 0 spiro atoms. The van der Waals surface area contributed by atoms with Crippen molar-refractivity contribution in [2.24, 2.45) is 0 Å². The normalized spacial score (nSPS) is 17.7. The van der Waals surface area contributed by atoms with E-state index in [1.165, 1.54) is 20.0 Å². The van der Waals surface area contributed by atoms with E-state index in [2.05, 4.69) is 11.8 Å². The average molecular weight is 447 g/mol. The van der Waals surface area contributed by atoms with Crippen LogP contribution < -0.4 is 9.47 Å². The van der Waals surface area contributed by atoms with E-state index in [9.17, 15) is 9.59 Å². The molecular formula is C28H30O5. The predicted molar refractivity (Wildman–Crippen MR) is 126 cm³/mol. The summed E-state index contributed by atoms with van der Waals surface area (Å²) in [5.41, 5.74) is 1.58. The Morgan fingerprint density at radius 2 is 1.73 bits per heavy atom. The number of carbonyl (C=O) groups is 2. The third-order valence-corrected chi connectivity index (χ3v) is 6.74. The second-order valence-corrected chi connectivity index (χ2v) is 8.80. The molecule has 5 heteroatoms. The van der Waals surface area contributed by atoms with E-state index >= 15 is 0 Å². The van der Waals surface area contributed by atoms with Gasteiger partial charge < -0.3 is 14.2 Å². The minimum atomic E-state index is -0.503. The first-order valence-electron chi connectivity index (χ1n) is 11.6. The molecule has 0 heterocycles. The summed E-state index contributed by atoms with van der Waals surface area (Å²) in [6.07, 6.45) is 6.91. The summed E-state index contributed by atoms with van der Waals surface area (Å²) in [7, 11) is 3.01. The molecule has 33 heavy (non-hydrogen) atoms. The Morgan fingerprint density at radius 3 is 2.42 bits per heavy atom. The molecule has 172 valence electrons. The molecule has 2 aliphatic carbocycles. The number of esters is 1. The van der Waals surface area contributed by atoms with Gasteiger partial charge in [-0.15, -0.1) is 0 Å². The van der Waals surface area contributed by atoms with Gasteiger partial charge in [0.25, 0.3) is 0 Å². The number of Topliss-reactive ketones (excluding diaryl/α,β-unsaturated/α-hetero) is 1. The van der Waals surface area contributed by atoms with Crippen molar-refractivity contribution >= 4 is 11.8 Å². The molecule has 0 saturated heterocycles. The number of carbonyl (C=O) groups excluding carboxylic acids is 2. The summed E-state index contributed by atoms with van der Waals surface area (Å²) in [5.74, 6) is 7.99. The standard InChI is InChI=1S/C28H30O5/c1-31-25-12-11-21(19-26(25)33-23-8-4-5-9-23)28(17-14-22(29)15-18-28)16-13-20-7-3-6-10-24(20)27(30)32-2/h3,6-7,10-12,19,23H,4-5,8-9,14-15,17-18H2,1-2H3. The van der Waals surface area contributed by atoms with Gasteiger partial charge in [-0.05, 0) is 68.4 Å². The zero-order chi connectivity index (χ0) is 23.3. The maximum Gasteiger partial charge on any atom is 0.339 e. The van der Waals surface area contributed by atoms with Gasteiger partial charge in [0.05, 0.1) is 31.3 Å². The first-order chi connectivity index (χ1) is 16.0. The van der Waals surface area contributed by atoms with Gasteiger partial charge in [0.15, 0.2) is 11.5 Å². The van der Waals surface area contributed by atoms with E-state index in [4.69, 9.17) is 14.2 Å². The topological polar surface area (TPSA) is 61.8 Å². The summed E-state index contributed by atoms with van der Waals surface area (Å²) in [5, 5.41) is 0. The fraction of sp³-hybridized carbons (Fsp3) is 0.429. The number of hydrogen-bond acceptors (Lipinski definition) is 5. The van der Waals surface area contributed by atoms with Crippen LogP contribution >= 0.6 is 0 Å². The first kappa shape index (κ1) is 22.9. The molecule has 5 nitrogen and oxygen atoms in total. The van der Waals surface area contributed by atoms with Gasteiger partial charge in [0, 0.05) is 18.4 Å². The minimum Gasteiger partial charge on any atom is -0.493 e. The first-order valence-corrected chi connectivity index (χ1v) is 11.6. The van der Waals surface area contributed by atoms with E-state index in [1.807, 2.05) is 30.3 Å². The predicted octanol–water partition coefficient (Wildman–Crippen LogP) is 5.24. The Balaban J connectivity index is 1.74. The highest BCUT2D eigenvalue weighted by Gasteiger charge is 2.36. The Morgan fingerprint density at radius 1 is 1.00 bits per heavy atom. The lowest BCUT2D eigenvalue weighted by Gasteiger charge is -2.33. The summed E-state index contributed by atoms with van der Waals surface area (Å²) in [6, 6.07) is 13.2. The molecule has 2 aromatic carbocycles. The maximum atomic E-state index is 12.2. The highest BCUT2D eigenvalue weighted by Crippen LogP contribution is 2.42. The second kappa shape index (κ2) is 10.1. The van der Waals surface area contributed by atoms with Gasteiger partial charge in [-0.3, -0.25) is 4.79 Å². The van der Waals surface area contributed by atoms with Crippen LogP contribution in [0.15, 0.2) is 42.5 Å². The van der Waals surface area contributed by atoms with Gasteiger partial charge in [0.1, 0.15) is 5.78 Å². The molecule has 0 atom stereocenters. The third kappa shape index (κ3) is 5.06. The van der Waals surface area contributed by atoms with Crippen LogP contribution in [-0.2, 0) is 14.9 Å². The van der Waals surface area contributed by atoms with Crippen molar-refractivity contribution in [3.63, 3.8) is 0 Å². The number of hydrogen-bond donors (Lipinski definition) is 0. The molecule has 0 unspecified atom stereocenters. The fourth-order valence-corrected chi connectivity index (χ4v) is 4.76. The van der Waals surface area contributed by atoms with Crippen molar-refractivity contribution < 1.29 is 23.8 Å². The molecule has 2 fully saturated rings. The van der Waals surface area contributed by atoms with E-state index in [0.717, 1.165) is 24.2 Å². The second-order valence-electron chi connectivity index (χ2n) is 8.80. The van der Waals surface area contributed by atoms with Crippen LogP contribution in [0.2, 0.25) is 0 Å². The zero-order valence-corrected chi connectivity index (χ0v) is 19.3. The van der Waals surface area contributed by atoms with Crippen LogP contribution in [0.4, 0.5) is 0 Å². The van der Waals surface area contributed by atoms with E-state index in [1.54, 1.807) is 19.2 Å². The summed E-state index contributed by atoms with van der Waals surface area (Å²) in [6.45, 7) is 0. The number of ketones is 1. The van der Waals surface area contributed by atoms with E-state index < -0.39 is 11.4 Å². The number of methoxy groups -OCH3 is 2. The quantitative estimate of drug-likeness (QED) is 0.465. The Kier molecular flexibility index (Phi) is 7.03. The molecule has 2 aliphatic rings. The molecule has 2 aromatic rings.